The summed E-state index contributed by atoms with van der Waals surface area (Å²) in [4.78, 5) is -0.470. The molecular weight excluding hydrogens is 314 g/mol. The van der Waals surface area contributed by atoms with E-state index in [0.29, 0.717) is 12.2 Å². The van der Waals surface area contributed by atoms with Gasteiger partial charge in [-0.1, -0.05) is 0 Å². The maximum absolute atomic E-state index is 12.3. The molecule has 1 aromatic carbocycles. The first-order valence-corrected chi connectivity index (χ1v) is 8.75. The van der Waals surface area contributed by atoms with Crippen molar-refractivity contribution >= 4 is 25.5 Å². The molecule has 0 unspecified atom stereocenters. The van der Waals surface area contributed by atoms with Gasteiger partial charge in [-0.05, 0) is 30.7 Å². The predicted octanol–water partition coefficient (Wildman–Crippen LogP) is 0.773. The highest BCUT2D eigenvalue weighted by Crippen LogP contribution is 2.20. The van der Waals surface area contributed by atoms with Crippen LogP contribution in [0, 0.1) is 0 Å². The van der Waals surface area contributed by atoms with E-state index in [0.717, 1.165) is 12.1 Å². The Kier molecular flexibility index (Phi) is 5.42. The molecule has 0 spiro atoms. The van der Waals surface area contributed by atoms with E-state index in [1.807, 2.05) is 0 Å². The maximum Gasteiger partial charge on any atom is 0.341 e. The summed E-state index contributed by atoms with van der Waals surface area (Å²) in [7, 11) is -8.11. The molecule has 0 bridgehead atoms. The standard InChI is InChI=1S/C10H14F2N2O4S2/c11-10(12)20(17,18)9-4-2-8(3-5-9)14-6-1-7-19(13,15)16/h2-5,10,14H,1,6-7H2,(H2,13,15,16). The first kappa shape index (κ1) is 16.8. The van der Waals surface area contributed by atoms with Gasteiger partial charge in [0.2, 0.25) is 19.9 Å². The summed E-state index contributed by atoms with van der Waals surface area (Å²) in [5.41, 5.74) is 0.493. The normalized spacial score (nSPS) is 12.6. The Labute approximate surface area is 115 Å². The maximum atomic E-state index is 12.3. The second kappa shape index (κ2) is 6.46. The Morgan fingerprint density at radius 1 is 1.10 bits per heavy atom. The van der Waals surface area contributed by atoms with Crippen LogP contribution in [0.5, 0.6) is 0 Å². The topological polar surface area (TPSA) is 106 Å². The van der Waals surface area contributed by atoms with Gasteiger partial charge >= 0.3 is 5.76 Å². The van der Waals surface area contributed by atoms with E-state index in [9.17, 15) is 25.6 Å². The lowest BCUT2D eigenvalue weighted by atomic mass is 10.3. The van der Waals surface area contributed by atoms with Gasteiger partial charge in [0.25, 0.3) is 0 Å². The summed E-state index contributed by atoms with van der Waals surface area (Å²) < 4.78 is 68.2. The van der Waals surface area contributed by atoms with Crippen molar-refractivity contribution in [3.05, 3.63) is 24.3 Å². The molecule has 20 heavy (non-hydrogen) atoms. The van der Waals surface area contributed by atoms with Gasteiger partial charge in [-0.25, -0.2) is 22.0 Å². The largest absolute Gasteiger partial charge is 0.385 e. The van der Waals surface area contributed by atoms with E-state index in [2.05, 4.69) is 5.32 Å². The number of nitrogens with one attached hydrogen (secondary N) is 1. The van der Waals surface area contributed by atoms with Crippen LogP contribution >= 0.6 is 0 Å². The molecule has 10 heteroatoms. The number of hydrogen-bond acceptors (Lipinski definition) is 5. The van der Waals surface area contributed by atoms with Crippen molar-refractivity contribution in [3.8, 4) is 0 Å². The van der Waals surface area contributed by atoms with Gasteiger partial charge in [0, 0.05) is 12.2 Å². The summed E-state index contributed by atoms with van der Waals surface area (Å²) in [6, 6.07) is 4.77. The van der Waals surface area contributed by atoms with Crippen LogP contribution in [0.3, 0.4) is 0 Å². The number of nitrogens with two attached hydrogens (primary N) is 1. The summed E-state index contributed by atoms with van der Waals surface area (Å²) in [6.45, 7) is 0.303. The van der Waals surface area contributed by atoms with Crippen molar-refractivity contribution in [2.24, 2.45) is 5.14 Å². The molecule has 1 aromatic rings. The van der Waals surface area contributed by atoms with Crippen molar-refractivity contribution in [1.29, 1.82) is 0 Å². The minimum Gasteiger partial charge on any atom is -0.385 e. The highest BCUT2D eigenvalue weighted by atomic mass is 32.2. The van der Waals surface area contributed by atoms with Crippen LogP contribution in [0.15, 0.2) is 29.2 Å². The Bertz CT molecular complexity index is 642. The first-order chi connectivity index (χ1) is 9.13. The minimum atomic E-state index is -4.60. The molecule has 0 atom stereocenters. The van der Waals surface area contributed by atoms with Gasteiger partial charge in [0.05, 0.1) is 10.6 Å². The third-order valence-electron chi connectivity index (χ3n) is 2.35. The smallest absolute Gasteiger partial charge is 0.341 e. The fourth-order valence-corrected chi connectivity index (χ4v) is 2.64. The zero-order valence-corrected chi connectivity index (χ0v) is 11.9. The molecule has 0 heterocycles. The fourth-order valence-electron chi connectivity index (χ4n) is 1.37. The number of sulfone groups is 1. The van der Waals surface area contributed by atoms with Crippen LogP contribution in [-0.4, -0.2) is 34.9 Å². The first-order valence-electron chi connectivity index (χ1n) is 5.49. The molecule has 0 aliphatic rings. The average molecular weight is 328 g/mol. The Morgan fingerprint density at radius 2 is 1.65 bits per heavy atom. The monoisotopic (exact) mass is 328 g/mol. The molecule has 3 N–H and O–H groups in total. The summed E-state index contributed by atoms with van der Waals surface area (Å²) in [5.74, 6) is -3.64. The Hall–Kier alpha value is -1.26. The van der Waals surface area contributed by atoms with Crippen molar-refractivity contribution in [1.82, 2.24) is 0 Å². The minimum absolute atomic E-state index is 0.183. The molecule has 1 rings (SSSR count). The zero-order valence-electron chi connectivity index (χ0n) is 10.3. The summed E-state index contributed by atoms with van der Waals surface area (Å²) in [6.07, 6.45) is 0.274. The zero-order chi connectivity index (χ0) is 15.4. The van der Waals surface area contributed by atoms with Crippen LogP contribution in [0.25, 0.3) is 0 Å². The molecular formula is C10H14F2N2O4S2. The van der Waals surface area contributed by atoms with Crippen molar-refractivity contribution < 1.29 is 25.6 Å². The molecule has 0 saturated heterocycles. The average Bonchev–Trinajstić information content (AvgIpc) is 2.34. The third-order valence-corrected chi connectivity index (χ3v) is 4.61. The van der Waals surface area contributed by atoms with Crippen molar-refractivity contribution in [2.45, 2.75) is 17.1 Å². The molecule has 0 aliphatic carbocycles. The van der Waals surface area contributed by atoms with Crippen LogP contribution in [0.4, 0.5) is 14.5 Å². The van der Waals surface area contributed by atoms with Gasteiger partial charge in [-0.3, -0.25) is 0 Å². The van der Waals surface area contributed by atoms with Gasteiger partial charge in [0.15, 0.2) is 0 Å². The van der Waals surface area contributed by atoms with E-state index < -0.39 is 30.5 Å². The second-order valence-electron chi connectivity index (χ2n) is 3.98. The number of hydrogen-bond donors (Lipinski definition) is 2. The molecule has 0 aliphatic heterocycles. The molecule has 0 amide bonds. The molecule has 114 valence electrons. The van der Waals surface area contributed by atoms with Crippen molar-refractivity contribution in [2.75, 3.05) is 17.6 Å². The van der Waals surface area contributed by atoms with Gasteiger partial charge in [-0.2, -0.15) is 8.78 Å². The molecule has 6 nitrogen and oxygen atoms in total. The van der Waals surface area contributed by atoms with Gasteiger partial charge in [0.1, 0.15) is 0 Å². The number of anilines is 1. The van der Waals surface area contributed by atoms with Gasteiger partial charge < -0.3 is 5.32 Å². The third kappa shape index (κ3) is 5.02. The highest BCUT2D eigenvalue weighted by Gasteiger charge is 2.26. The lowest BCUT2D eigenvalue weighted by Gasteiger charge is -2.07. The summed E-state index contributed by atoms with van der Waals surface area (Å²) in [5, 5.41) is 7.64. The molecule has 0 radical (unpaired) electrons. The number of halogens is 2. The number of rotatable bonds is 7. The van der Waals surface area contributed by atoms with Crippen LogP contribution in [0.1, 0.15) is 6.42 Å². The highest BCUT2D eigenvalue weighted by molar-refractivity contribution is 7.91. The van der Waals surface area contributed by atoms with Crippen LogP contribution < -0.4 is 10.5 Å². The SMILES string of the molecule is NS(=O)(=O)CCCNc1ccc(S(=O)(=O)C(F)F)cc1. The fraction of sp³-hybridized carbons (Fsp3) is 0.400. The second-order valence-corrected chi connectivity index (χ2v) is 7.63. The van der Waals surface area contributed by atoms with E-state index in [-0.39, 0.29) is 12.2 Å². The van der Waals surface area contributed by atoms with E-state index in [1.54, 1.807) is 0 Å². The lowest BCUT2D eigenvalue weighted by molar-refractivity contribution is 0.234. The number of alkyl halides is 2. The van der Waals surface area contributed by atoms with Crippen molar-refractivity contribution in [3.63, 3.8) is 0 Å². The number of primary sulfonamides is 1. The number of sulfonamides is 1. The Balaban J connectivity index is 2.60. The molecule has 0 saturated carbocycles. The quantitative estimate of drug-likeness (QED) is 0.719. The van der Waals surface area contributed by atoms with E-state index >= 15 is 0 Å². The van der Waals surface area contributed by atoms with E-state index in [4.69, 9.17) is 5.14 Å². The summed E-state index contributed by atoms with van der Waals surface area (Å²) >= 11 is 0. The lowest BCUT2D eigenvalue weighted by Crippen LogP contribution is -2.18. The predicted molar refractivity (Wildman–Crippen MR) is 70.7 cm³/mol. The van der Waals surface area contributed by atoms with Crippen LogP contribution in [-0.2, 0) is 19.9 Å². The Morgan fingerprint density at radius 3 is 2.10 bits per heavy atom. The number of benzene rings is 1. The van der Waals surface area contributed by atoms with E-state index in [1.165, 1.54) is 12.1 Å². The molecule has 0 aromatic heterocycles. The van der Waals surface area contributed by atoms with Crippen LogP contribution in [0.2, 0.25) is 0 Å². The molecule has 0 fully saturated rings. The van der Waals surface area contributed by atoms with Gasteiger partial charge in [-0.15, -0.1) is 0 Å².